The molecule has 8 nitrogen and oxygen atoms in total. The molecule has 0 aromatic heterocycles. The number of nitro groups is 1. The second-order valence-electron chi connectivity index (χ2n) is 4.76. The van der Waals surface area contributed by atoms with Crippen molar-refractivity contribution in [1.82, 2.24) is 15.5 Å². The topological polar surface area (TPSA) is 99.9 Å². The summed E-state index contributed by atoms with van der Waals surface area (Å²) in [5.74, 6) is 0.421. The van der Waals surface area contributed by atoms with Crippen LogP contribution in [-0.2, 0) is 11.3 Å². The number of nitro benzene ring substituents is 1. The van der Waals surface area contributed by atoms with Crippen LogP contribution in [-0.4, -0.2) is 48.9 Å². The van der Waals surface area contributed by atoms with Crippen LogP contribution in [0.1, 0.15) is 12.5 Å². The van der Waals surface area contributed by atoms with E-state index in [4.69, 9.17) is 0 Å². The minimum absolute atomic E-state index is 0. The van der Waals surface area contributed by atoms with Gasteiger partial charge in [-0.25, -0.2) is 4.99 Å². The molecule has 1 aromatic carbocycles. The summed E-state index contributed by atoms with van der Waals surface area (Å²) < 4.78 is 0. The van der Waals surface area contributed by atoms with E-state index < -0.39 is 4.92 Å². The van der Waals surface area contributed by atoms with Crippen LogP contribution >= 0.6 is 24.0 Å². The van der Waals surface area contributed by atoms with Gasteiger partial charge in [-0.1, -0.05) is 12.1 Å². The van der Waals surface area contributed by atoms with Crippen LogP contribution in [0.3, 0.4) is 0 Å². The van der Waals surface area contributed by atoms with Gasteiger partial charge < -0.3 is 15.5 Å². The molecule has 2 N–H and O–H groups in total. The molecule has 0 aliphatic heterocycles. The molecule has 0 heterocycles. The Morgan fingerprint density at radius 1 is 1.35 bits per heavy atom. The van der Waals surface area contributed by atoms with Crippen LogP contribution in [0.5, 0.6) is 0 Å². The highest BCUT2D eigenvalue weighted by atomic mass is 127. The molecule has 1 rings (SSSR count). The maximum Gasteiger partial charge on any atom is 0.269 e. The number of hydrogen-bond acceptors (Lipinski definition) is 4. The lowest BCUT2D eigenvalue weighted by molar-refractivity contribution is -0.384. The summed E-state index contributed by atoms with van der Waals surface area (Å²) in [6, 6.07) is 6.31. The van der Waals surface area contributed by atoms with Gasteiger partial charge in [-0.05, 0) is 12.5 Å². The molecule has 0 unspecified atom stereocenters. The maximum absolute atomic E-state index is 11.6. The number of carbonyl (C=O) groups excluding carboxylic acids is 1. The van der Waals surface area contributed by atoms with Gasteiger partial charge in [0, 0.05) is 32.8 Å². The molecule has 0 radical (unpaired) electrons. The van der Waals surface area contributed by atoms with Gasteiger partial charge in [-0.15, -0.1) is 24.0 Å². The van der Waals surface area contributed by atoms with Crippen molar-refractivity contribution >= 4 is 41.5 Å². The first-order valence-electron chi connectivity index (χ1n) is 6.89. The van der Waals surface area contributed by atoms with Crippen molar-refractivity contribution in [1.29, 1.82) is 0 Å². The van der Waals surface area contributed by atoms with Crippen LogP contribution < -0.4 is 10.6 Å². The van der Waals surface area contributed by atoms with Crippen molar-refractivity contribution in [2.45, 2.75) is 13.5 Å². The highest BCUT2D eigenvalue weighted by Gasteiger charge is 2.07. The fourth-order valence-corrected chi connectivity index (χ4v) is 1.60. The second kappa shape index (κ2) is 10.8. The van der Waals surface area contributed by atoms with Gasteiger partial charge in [-0.2, -0.15) is 0 Å². The number of halogens is 1. The van der Waals surface area contributed by atoms with Crippen LogP contribution in [0.15, 0.2) is 29.3 Å². The summed E-state index contributed by atoms with van der Waals surface area (Å²) >= 11 is 0. The minimum Gasteiger partial charge on any atom is -0.357 e. The van der Waals surface area contributed by atoms with E-state index in [2.05, 4.69) is 15.6 Å². The van der Waals surface area contributed by atoms with Crippen LogP contribution in [0.4, 0.5) is 5.69 Å². The lowest BCUT2D eigenvalue weighted by Crippen LogP contribution is -2.42. The average Bonchev–Trinajstić information content (AvgIpc) is 2.49. The van der Waals surface area contributed by atoms with E-state index in [1.54, 1.807) is 26.2 Å². The van der Waals surface area contributed by atoms with Gasteiger partial charge in [0.15, 0.2) is 5.96 Å². The van der Waals surface area contributed by atoms with Crippen LogP contribution in [0.25, 0.3) is 0 Å². The number of likely N-dealkylation sites (N-methyl/N-ethyl adjacent to an activating group) is 1. The Morgan fingerprint density at radius 3 is 2.61 bits per heavy atom. The van der Waals surface area contributed by atoms with Crippen molar-refractivity contribution in [3.63, 3.8) is 0 Å². The van der Waals surface area contributed by atoms with Crippen molar-refractivity contribution < 1.29 is 9.72 Å². The molecule has 128 valence electrons. The van der Waals surface area contributed by atoms with Crippen LogP contribution in [0.2, 0.25) is 0 Å². The third-order valence-electron chi connectivity index (χ3n) is 2.79. The van der Waals surface area contributed by atoms with Crippen molar-refractivity contribution in [3.05, 3.63) is 39.9 Å². The third-order valence-corrected chi connectivity index (χ3v) is 2.79. The molecule has 0 spiro atoms. The molecule has 0 saturated heterocycles. The SMILES string of the molecule is CCNC(=NCc1cccc([N+](=O)[O-])c1)NCC(=O)N(C)C.I. The number of aliphatic imine (C=N–C) groups is 1. The number of carbonyl (C=O) groups is 1. The Balaban J connectivity index is 0.00000484. The first kappa shape index (κ1) is 21.1. The summed E-state index contributed by atoms with van der Waals surface area (Å²) in [4.78, 5) is 27.7. The summed E-state index contributed by atoms with van der Waals surface area (Å²) in [5.41, 5.74) is 0.763. The average molecular weight is 435 g/mol. The smallest absolute Gasteiger partial charge is 0.269 e. The first-order chi connectivity index (χ1) is 10.4. The zero-order chi connectivity index (χ0) is 16.5. The molecule has 1 amide bonds. The Bertz CT molecular complexity index is 563. The Kier molecular flexibility index (Phi) is 9.86. The lowest BCUT2D eigenvalue weighted by atomic mass is 10.2. The molecule has 1 aromatic rings. The number of nitrogens with zero attached hydrogens (tertiary/aromatic N) is 3. The van der Waals surface area contributed by atoms with Gasteiger partial charge >= 0.3 is 0 Å². The van der Waals surface area contributed by atoms with E-state index in [-0.39, 0.29) is 48.7 Å². The number of benzene rings is 1. The van der Waals surface area contributed by atoms with E-state index in [0.717, 1.165) is 5.56 Å². The lowest BCUT2D eigenvalue weighted by Gasteiger charge is -2.14. The second-order valence-corrected chi connectivity index (χ2v) is 4.76. The van der Waals surface area contributed by atoms with E-state index in [9.17, 15) is 14.9 Å². The van der Waals surface area contributed by atoms with Crippen LogP contribution in [0, 0.1) is 10.1 Å². The number of guanidine groups is 1. The monoisotopic (exact) mass is 435 g/mol. The number of non-ortho nitro benzene ring substituents is 1. The fourth-order valence-electron chi connectivity index (χ4n) is 1.60. The highest BCUT2D eigenvalue weighted by Crippen LogP contribution is 2.13. The predicted molar refractivity (Wildman–Crippen MR) is 100 cm³/mol. The molecule has 0 bridgehead atoms. The Labute approximate surface area is 152 Å². The molecule has 0 aliphatic rings. The molecule has 0 saturated carbocycles. The summed E-state index contributed by atoms with van der Waals surface area (Å²) in [6.07, 6.45) is 0. The van der Waals surface area contributed by atoms with Gasteiger partial charge in [0.1, 0.15) is 0 Å². The number of nitrogens with one attached hydrogen (secondary N) is 2. The zero-order valence-electron chi connectivity index (χ0n) is 13.4. The Morgan fingerprint density at radius 2 is 2.04 bits per heavy atom. The van der Waals surface area contributed by atoms with Gasteiger partial charge in [0.2, 0.25) is 5.91 Å². The van der Waals surface area contributed by atoms with Crippen molar-refractivity contribution in [2.75, 3.05) is 27.2 Å². The van der Waals surface area contributed by atoms with E-state index >= 15 is 0 Å². The summed E-state index contributed by atoms with van der Waals surface area (Å²) in [7, 11) is 3.36. The molecular weight excluding hydrogens is 413 g/mol. The molecule has 0 fully saturated rings. The Hall–Kier alpha value is -1.91. The fraction of sp³-hybridized carbons (Fsp3) is 0.429. The maximum atomic E-state index is 11.6. The molecule has 0 aliphatic carbocycles. The van der Waals surface area contributed by atoms with E-state index in [1.807, 2.05) is 6.92 Å². The normalized spacial score (nSPS) is 10.5. The standard InChI is InChI=1S/C14H21N5O3.HI/c1-4-15-14(17-10-13(20)18(2)3)16-9-11-6-5-7-12(8-11)19(21)22;/h5-8H,4,9-10H2,1-3H3,(H2,15,16,17);1H. The minimum atomic E-state index is -0.438. The van der Waals surface area contributed by atoms with E-state index in [0.29, 0.717) is 12.5 Å². The van der Waals surface area contributed by atoms with E-state index in [1.165, 1.54) is 17.0 Å². The predicted octanol–water partition coefficient (Wildman–Crippen LogP) is 1.36. The quantitative estimate of drug-likeness (QED) is 0.231. The number of amides is 1. The molecule has 0 atom stereocenters. The first-order valence-corrected chi connectivity index (χ1v) is 6.89. The van der Waals surface area contributed by atoms with Gasteiger partial charge in [0.05, 0.1) is 18.0 Å². The van der Waals surface area contributed by atoms with Gasteiger partial charge in [0.25, 0.3) is 5.69 Å². The van der Waals surface area contributed by atoms with Crippen molar-refractivity contribution in [2.24, 2.45) is 4.99 Å². The summed E-state index contributed by atoms with van der Waals surface area (Å²) in [6.45, 7) is 2.98. The zero-order valence-corrected chi connectivity index (χ0v) is 15.7. The number of hydrogen-bond donors (Lipinski definition) is 2. The largest absolute Gasteiger partial charge is 0.357 e. The summed E-state index contributed by atoms with van der Waals surface area (Å²) in [5, 5.41) is 16.7. The van der Waals surface area contributed by atoms with Gasteiger partial charge in [-0.3, -0.25) is 14.9 Å². The number of rotatable bonds is 6. The van der Waals surface area contributed by atoms with Crippen molar-refractivity contribution in [3.8, 4) is 0 Å². The molecular formula is C14H22IN5O3. The third kappa shape index (κ3) is 7.77. The molecule has 23 heavy (non-hydrogen) atoms. The molecule has 9 heteroatoms. The highest BCUT2D eigenvalue weighted by molar-refractivity contribution is 14.0.